The summed E-state index contributed by atoms with van der Waals surface area (Å²) < 4.78 is 5.29. The molecule has 4 nitrogen and oxygen atoms in total. The van der Waals surface area contributed by atoms with Crippen molar-refractivity contribution in [2.75, 3.05) is 5.43 Å². The van der Waals surface area contributed by atoms with Gasteiger partial charge in [-0.3, -0.25) is 0 Å². The fraction of sp³-hybridized carbons (Fsp3) is 0.174. The van der Waals surface area contributed by atoms with Crippen LogP contribution in [0.2, 0.25) is 0 Å². The molecule has 0 radical (unpaired) electrons. The zero-order valence-electron chi connectivity index (χ0n) is 15.6. The third kappa shape index (κ3) is 5.43. The Kier molecular flexibility index (Phi) is 6.23. The second-order valence-electron chi connectivity index (χ2n) is 6.58. The van der Waals surface area contributed by atoms with E-state index in [2.05, 4.69) is 23.0 Å². The maximum absolute atomic E-state index is 12.1. The first kappa shape index (κ1) is 18.7. The van der Waals surface area contributed by atoms with E-state index in [1.807, 2.05) is 74.5 Å². The first-order valence-electron chi connectivity index (χ1n) is 9.06. The number of carbonyl (C=O) groups is 1. The quantitative estimate of drug-likeness (QED) is 0.458. The van der Waals surface area contributed by atoms with E-state index in [-0.39, 0.29) is 12.1 Å². The minimum absolute atomic E-state index is 0.132. The van der Waals surface area contributed by atoms with Gasteiger partial charge in [0.25, 0.3) is 0 Å². The van der Waals surface area contributed by atoms with Crippen molar-refractivity contribution in [3.8, 4) is 11.1 Å². The van der Waals surface area contributed by atoms with Crippen molar-refractivity contribution in [3.05, 3.63) is 90.0 Å². The Morgan fingerprint density at radius 3 is 2.33 bits per heavy atom. The average molecular weight is 360 g/mol. The fourth-order valence-electron chi connectivity index (χ4n) is 2.74. The van der Waals surface area contributed by atoms with Gasteiger partial charge in [-0.15, -0.1) is 0 Å². The molecule has 27 heavy (non-hydrogen) atoms. The number of esters is 1. The number of hydrogen-bond acceptors (Lipinski definition) is 4. The molecule has 0 unspecified atom stereocenters. The largest absolute Gasteiger partial charge is 0.459 e. The van der Waals surface area contributed by atoms with E-state index in [0.717, 1.165) is 22.4 Å². The van der Waals surface area contributed by atoms with Gasteiger partial charge in [-0.1, -0.05) is 48.5 Å². The Balaban J connectivity index is 1.69. The lowest BCUT2D eigenvalue weighted by Crippen LogP contribution is -2.20. The van der Waals surface area contributed by atoms with Gasteiger partial charge in [-0.25, -0.2) is 10.2 Å². The van der Waals surface area contributed by atoms with Crippen LogP contribution in [0.25, 0.3) is 11.1 Å². The lowest BCUT2D eigenvalue weighted by Gasteiger charge is -2.11. The van der Waals surface area contributed by atoms with Gasteiger partial charge in [0, 0.05) is 12.2 Å². The lowest BCUT2D eigenvalue weighted by molar-refractivity contribution is 0.0378. The number of para-hydroxylation sites is 1. The van der Waals surface area contributed by atoms with Crippen LogP contribution in [0.1, 0.15) is 29.8 Å². The fourth-order valence-corrected chi connectivity index (χ4v) is 2.74. The molecule has 138 valence electrons. The van der Waals surface area contributed by atoms with E-state index in [0.29, 0.717) is 12.1 Å². The summed E-state index contributed by atoms with van der Waals surface area (Å²) in [4.78, 5) is 12.1. The number of ether oxygens (including phenoxy) is 1. The highest BCUT2D eigenvalue weighted by atomic mass is 16.5. The lowest BCUT2D eigenvalue weighted by atomic mass is 10.0. The van der Waals surface area contributed by atoms with Crippen LogP contribution in [-0.2, 0) is 11.3 Å². The zero-order chi connectivity index (χ0) is 19.1. The van der Waals surface area contributed by atoms with Crippen molar-refractivity contribution in [1.29, 1.82) is 0 Å². The molecule has 0 amide bonds. The number of carbonyl (C=O) groups excluding carboxylic acids is 1. The van der Waals surface area contributed by atoms with Gasteiger partial charge in [0.2, 0.25) is 0 Å². The molecule has 0 aliphatic rings. The van der Waals surface area contributed by atoms with E-state index in [1.54, 1.807) is 6.07 Å². The van der Waals surface area contributed by atoms with Crippen LogP contribution in [0.3, 0.4) is 0 Å². The standard InChI is InChI=1S/C23H24N2O2/c1-17(2)27-23(26)21-11-7-10-20(15-21)19-9-6-8-18(14-19)16-24-25-22-12-4-3-5-13-22/h3-15,17,24-25H,16H2,1-2H3. The summed E-state index contributed by atoms with van der Waals surface area (Å²) in [6, 6.07) is 25.8. The molecule has 4 heteroatoms. The highest BCUT2D eigenvalue weighted by Crippen LogP contribution is 2.22. The van der Waals surface area contributed by atoms with Crippen molar-refractivity contribution in [2.45, 2.75) is 26.5 Å². The van der Waals surface area contributed by atoms with Crippen LogP contribution in [0.15, 0.2) is 78.9 Å². The van der Waals surface area contributed by atoms with Crippen LogP contribution in [0, 0.1) is 0 Å². The van der Waals surface area contributed by atoms with E-state index < -0.39 is 0 Å². The molecule has 0 aliphatic heterocycles. The molecule has 0 saturated carbocycles. The van der Waals surface area contributed by atoms with Gasteiger partial charge < -0.3 is 10.2 Å². The Morgan fingerprint density at radius 2 is 1.59 bits per heavy atom. The molecule has 3 aromatic carbocycles. The molecule has 0 atom stereocenters. The highest BCUT2D eigenvalue weighted by Gasteiger charge is 2.10. The Hall–Kier alpha value is -3.11. The third-order valence-electron chi connectivity index (χ3n) is 4.00. The van der Waals surface area contributed by atoms with Gasteiger partial charge in [0.1, 0.15) is 0 Å². The number of anilines is 1. The number of hydrazine groups is 1. The van der Waals surface area contributed by atoms with E-state index in [9.17, 15) is 4.79 Å². The normalized spacial score (nSPS) is 10.6. The maximum Gasteiger partial charge on any atom is 0.338 e. The maximum atomic E-state index is 12.1. The third-order valence-corrected chi connectivity index (χ3v) is 4.00. The number of nitrogens with one attached hydrogen (secondary N) is 2. The molecule has 3 aromatic rings. The monoisotopic (exact) mass is 360 g/mol. The topological polar surface area (TPSA) is 50.4 Å². The summed E-state index contributed by atoms with van der Waals surface area (Å²) >= 11 is 0. The first-order chi connectivity index (χ1) is 13.1. The summed E-state index contributed by atoms with van der Waals surface area (Å²) in [7, 11) is 0. The molecule has 3 rings (SSSR count). The van der Waals surface area contributed by atoms with E-state index in [1.165, 1.54) is 0 Å². The van der Waals surface area contributed by atoms with E-state index >= 15 is 0 Å². The summed E-state index contributed by atoms with van der Waals surface area (Å²) in [5, 5.41) is 0. The molecule has 0 bridgehead atoms. The van der Waals surface area contributed by atoms with Gasteiger partial charge in [0.05, 0.1) is 11.7 Å². The first-order valence-corrected chi connectivity index (χ1v) is 9.06. The number of rotatable bonds is 7. The van der Waals surface area contributed by atoms with Crippen LogP contribution >= 0.6 is 0 Å². The van der Waals surface area contributed by atoms with Gasteiger partial charge >= 0.3 is 5.97 Å². The van der Waals surface area contributed by atoms with Crippen LogP contribution < -0.4 is 10.9 Å². The minimum Gasteiger partial charge on any atom is -0.459 e. The molecule has 0 aliphatic carbocycles. The van der Waals surface area contributed by atoms with Gasteiger partial charge in [0.15, 0.2) is 0 Å². The Labute approximate surface area is 160 Å². The molecular weight excluding hydrogens is 336 g/mol. The van der Waals surface area contributed by atoms with Gasteiger partial charge in [-0.05, 0) is 60.9 Å². The van der Waals surface area contributed by atoms with Crippen molar-refractivity contribution >= 4 is 11.7 Å². The molecule has 0 saturated heterocycles. The van der Waals surface area contributed by atoms with Crippen molar-refractivity contribution in [3.63, 3.8) is 0 Å². The highest BCUT2D eigenvalue weighted by molar-refractivity contribution is 5.91. The predicted molar refractivity (Wildman–Crippen MR) is 109 cm³/mol. The summed E-state index contributed by atoms with van der Waals surface area (Å²) in [6.07, 6.45) is -0.132. The predicted octanol–water partition coefficient (Wildman–Crippen LogP) is 5.04. The smallest absolute Gasteiger partial charge is 0.338 e. The Morgan fingerprint density at radius 1 is 0.889 bits per heavy atom. The number of benzene rings is 3. The molecular formula is C23H24N2O2. The van der Waals surface area contributed by atoms with Crippen LogP contribution in [0.4, 0.5) is 5.69 Å². The molecule has 0 fully saturated rings. The molecule has 0 aromatic heterocycles. The second-order valence-corrected chi connectivity index (χ2v) is 6.58. The van der Waals surface area contributed by atoms with Crippen molar-refractivity contribution in [2.24, 2.45) is 0 Å². The SMILES string of the molecule is CC(C)OC(=O)c1cccc(-c2cccc(CNNc3ccccc3)c2)c1. The van der Waals surface area contributed by atoms with Crippen LogP contribution in [-0.4, -0.2) is 12.1 Å². The summed E-state index contributed by atoms with van der Waals surface area (Å²) in [5.74, 6) is -0.295. The Bertz CT molecular complexity index is 892. The summed E-state index contributed by atoms with van der Waals surface area (Å²) in [5.41, 5.74) is 11.2. The molecule has 2 N–H and O–H groups in total. The minimum atomic E-state index is -0.295. The van der Waals surface area contributed by atoms with Crippen molar-refractivity contribution in [1.82, 2.24) is 5.43 Å². The second kappa shape index (κ2) is 9.01. The van der Waals surface area contributed by atoms with E-state index in [4.69, 9.17) is 4.74 Å². The number of hydrogen-bond donors (Lipinski definition) is 2. The van der Waals surface area contributed by atoms with Crippen molar-refractivity contribution < 1.29 is 9.53 Å². The summed E-state index contributed by atoms with van der Waals surface area (Å²) in [6.45, 7) is 4.38. The van der Waals surface area contributed by atoms with Gasteiger partial charge in [-0.2, -0.15) is 0 Å². The molecule has 0 heterocycles. The zero-order valence-corrected chi connectivity index (χ0v) is 15.6. The average Bonchev–Trinajstić information content (AvgIpc) is 2.69. The molecule has 0 spiro atoms. The van der Waals surface area contributed by atoms with Crippen LogP contribution in [0.5, 0.6) is 0 Å².